The molecule has 3 atom stereocenters. The Labute approximate surface area is 182 Å². The highest BCUT2D eigenvalue weighted by atomic mass is 16.5. The van der Waals surface area contributed by atoms with Gasteiger partial charge in [-0.25, -0.2) is 0 Å². The minimum absolute atomic E-state index is 0.0456. The van der Waals surface area contributed by atoms with E-state index in [1.165, 1.54) is 11.1 Å². The molecule has 1 saturated heterocycles. The van der Waals surface area contributed by atoms with E-state index in [9.17, 15) is 4.79 Å². The lowest BCUT2D eigenvalue weighted by Crippen LogP contribution is -2.56. The van der Waals surface area contributed by atoms with Crippen LogP contribution in [-0.4, -0.2) is 69.1 Å². The van der Waals surface area contributed by atoms with Crippen molar-refractivity contribution in [2.24, 2.45) is 11.3 Å². The molecule has 3 aliphatic rings. The third-order valence-corrected chi connectivity index (χ3v) is 8.39. The second-order valence-corrected chi connectivity index (χ2v) is 10.2. The van der Waals surface area contributed by atoms with Gasteiger partial charge in [-0.05, 0) is 67.3 Å². The van der Waals surface area contributed by atoms with Crippen molar-refractivity contribution in [2.75, 3.05) is 53.4 Å². The molecule has 1 amide bonds. The summed E-state index contributed by atoms with van der Waals surface area (Å²) in [6, 6.07) is 6.55. The molecule has 1 aliphatic heterocycles. The Morgan fingerprint density at radius 3 is 2.70 bits per heavy atom. The van der Waals surface area contributed by atoms with Crippen molar-refractivity contribution < 1.29 is 9.53 Å². The van der Waals surface area contributed by atoms with Crippen molar-refractivity contribution in [3.63, 3.8) is 0 Å². The van der Waals surface area contributed by atoms with Gasteiger partial charge in [0.1, 0.15) is 5.75 Å². The van der Waals surface area contributed by atoms with Crippen molar-refractivity contribution in [2.45, 2.75) is 51.4 Å². The van der Waals surface area contributed by atoms with Crippen LogP contribution in [-0.2, 0) is 16.6 Å². The average Bonchev–Trinajstić information content (AvgIpc) is 2.74. The largest absolute Gasteiger partial charge is 0.497 e. The maximum Gasteiger partial charge on any atom is 0.226 e. The van der Waals surface area contributed by atoms with Gasteiger partial charge >= 0.3 is 0 Å². The summed E-state index contributed by atoms with van der Waals surface area (Å²) in [5, 5.41) is 3.33. The maximum atomic E-state index is 13.5. The predicted molar refractivity (Wildman–Crippen MR) is 121 cm³/mol. The second-order valence-electron chi connectivity index (χ2n) is 10.2. The Morgan fingerprint density at radius 2 is 1.97 bits per heavy atom. The number of nitrogens with zero attached hydrogens (tertiary/aromatic N) is 2. The highest BCUT2D eigenvalue weighted by Crippen LogP contribution is 2.57. The van der Waals surface area contributed by atoms with Gasteiger partial charge in [0.15, 0.2) is 0 Å². The van der Waals surface area contributed by atoms with Crippen molar-refractivity contribution in [1.82, 2.24) is 15.1 Å². The number of piperazine rings is 1. The first-order chi connectivity index (χ1) is 14.4. The van der Waals surface area contributed by atoms with E-state index in [4.69, 9.17) is 4.74 Å². The van der Waals surface area contributed by atoms with E-state index in [-0.39, 0.29) is 16.7 Å². The van der Waals surface area contributed by atoms with Gasteiger partial charge in [0.25, 0.3) is 0 Å². The van der Waals surface area contributed by atoms with Crippen LogP contribution in [0.3, 0.4) is 0 Å². The van der Waals surface area contributed by atoms with E-state index in [1.54, 1.807) is 7.11 Å². The van der Waals surface area contributed by atoms with Crippen LogP contribution in [0.1, 0.15) is 50.7 Å². The topological polar surface area (TPSA) is 44.8 Å². The van der Waals surface area contributed by atoms with Crippen LogP contribution in [0.2, 0.25) is 0 Å². The number of carbonyl (C=O) groups is 1. The quantitative estimate of drug-likeness (QED) is 0.806. The summed E-state index contributed by atoms with van der Waals surface area (Å²) >= 11 is 0. The lowest BCUT2D eigenvalue weighted by molar-refractivity contribution is -0.139. The van der Waals surface area contributed by atoms with Gasteiger partial charge in [-0.3, -0.25) is 9.69 Å². The predicted octanol–water partition coefficient (Wildman–Crippen LogP) is 3.07. The van der Waals surface area contributed by atoms with E-state index in [0.29, 0.717) is 5.92 Å². The number of methoxy groups -OCH3 is 1. The first-order valence-corrected chi connectivity index (χ1v) is 11.7. The molecule has 5 nitrogen and oxygen atoms in total. The molecule has 0 spiro atoms. The SMILES string of the molecule is COc1ccc2c(c1)[C@@]1(C)CCC[C@](C)(C(=O)NCCN3CCN(C)CC3)C1CC2. The number of amides is 1. The summed E-state index contributed by atoms with van der Waals surface area (Å²) in [7, 11) is 3.92. The van der Waals surface area contributed by atoms with Gasteiger partial charge in [0.05, 0.1) is 12.5 Å². The molecular formula is C25H39N3O2. The highest BCUT2D eigenvalue weighted by Gasteiger charge is 2.54. The van der Waals surface area contributed by atoms with Gasteiger partial charge in [0, 0.05) is 39.3 Å². The number of nitrogens with one attached hydrogen (secondary N) is 1. The summed E-state index contributed by atoms with van der Waals surface area (Å²) in [6.45, 7) is 10.8. The fourth-order valence-electron chi connectivity index (χ4n) is 6.44. The normalized spacial score (nSPS) is 32.2. The number of hydrogen-bond donors (Lipinski definition) is 1. The van der Waals surface area contributed by atoms with E-state index < -0.39 is 0 Å². The standard InChI is InChI=1S/C25H39N3O2/c1-24-10-5-11-25(2,23(29)26-12-13-28-16-14-27(3)15-17-28)22(24)9-7-19-6-8-20(30-4)18-21(19)24/h6,8,18,22H,5,7,9-17H2,1-4H3,(H,26,29)/t22?,24-,25+/m1/s1. The summed E-state index contributed by atoms with van der Waals surface area (Å²) in [5.74, 6) is 1.57. The van der Waals surface area contributed by atoms with E-state index in [0.717, 1.165) is 77.1 Å². The molecule has 1 saturated carbocycles. The first-order valence-electron chi connectivity index (χ1n) is 11.7. The number of ether oxygens (including phenoxy) is 1. The minimum Gasteiger partial charge on any atom is -0.497 e. The highest BCUT2D eigenvalue weighted by molar-refractivity contribution is 5.83. The molecule has 0 bridgehead atoms. The Kier molecular flexibility index (Phi) is 6.13. The zero-order valence-corrected chi connectivity index (χ0v) is 19.3. The zero-order chi connectivity index (χ0) is 21.4. The summed E-state index contributed by atoms with van der Waals surface area (Å²) in [5.41, 5.74) is 2.60. The molecule has 30 heavy (non-hydrogen) atoms. The molecule has 166 valence electrons. The van der Waals surface area contributed by atoms with Gasteiger partial charge < -0.3 is 15.0 Å². The molecule has 5 heteroatoms. The van der Waals surface area contributed by atoms with Crippen LogP contribution in [0.25, 0.3) is 0 Å². The van der Waals surface area contributed by atoms with Gasteiger partial charge in [0.2, 0.25) is 5.91 Å². The summed E-state index contributed by atoms with van der Waals surface area (Å²) < 4.78 is 5.53. The summed E-state index contributed by atoms with van der Waals surface area (Å²) in [6.07, 6.45) is 5.41. The van der Waals surface area contributed by atoms with E-state index in [2.05, 4.69) is 54.2 Å². The van der Waals surface area contributed by atoms with Crippen LogP contribution in [0.5, 0.6) is 5.75 Å². The van der Waals surface area contributed by atoms with Crippen LogP contribution < -0.4 is 10.1 Å². The molecule has 1 N–H and O–H groups in total. The third-order valence-electron chi connectivity index (χ3n) is 8.39. The van der Waals surface area contributed by atoms with Crippen molar-refractivity contribution in [1.29, 1.82) is 0 Å². The lowest BCUT2D eigenvalue weighted by Gasteiger charge is -2.54. The fraction of sp³-hybridized carbons (Fsp3) is 0.720. The number of likely N-dealkylation sites (N-methyl/N-ethyl adjacent to an activating group) is 1. The number of benzene rings is 1. The lowest BCUT2D eigenvalue weighted by atomic mass is 9.49. The molecular weight excluding hydrogens is 374 g/mol. The molecule has 2 aliphatic carbocycles. The molecule has 1 unspecified atom stereocenters. The number of aryl methyl sites for hydroxylation is 1. The number of fused-ring (bicyclic) bond motifs is 3. The zero-order valence-electron chi connectivity index (χ0n) is 19.3. The molecule has 0 aromatic heterocycles. The van der Waals surface area contributed by atoms with Gasteiger partial charge in [-0.1, -0.05) is 26.3 Å². The Balaban J connectivity index is 1.46. The monoisotopic (exact) mass is 413 g/mol. The molecule has 1 aromatic carbocycles. The summed E-state index contributed by atoms with van der Waals surface area (Å²) in [4.78, 5) is 18.3. The van der Waals surface area contributed by atoms with Crippen LogP contribution in [0.4, 0.5) is 0 Å². The van der Waals surface area contributed by atoms with Crippen LogP contribution in [0.15, 0.2) is 18.2 Å². The average molecular weight is 414 g/mol. The maximum absolute atomic E-state index is 13.5. The fourth-order valence-corrected chi connectivity index (χ4v) is 6.44. The third kappa shape index (κ3) is 3.87. The van der Waals surface area contributed by atoms with Crippen LogP contribution in [0, 0.1) is 11.3 Å². The molecule has 1 aromatic rings. The Bertz CT molecular complexity index is 774. The van der Waals surface area contributed by atoms with E-state index >= 15 is 0 Å². The molecule has 4 rings (SSSR count). The smallest absolute Gasteiger partial charge is 0.226 e. The number of hydrogen-bond acceptors (Lipinski definition) is 4. The van der Waals surface area contributed by atoms with Crippen molar-refractivity contribution in [3.05, 3.63) is 29.3 Å². The molecule has 2 fully saturated rings. The molecule has 0 radical (unpaired) electrons. The second kappa shape index (κ2) is 8.51. The Hall–Kier alpha value is -1.59. The van der Waals surface area contributed by atoms with Crippen molar-refractivity contribution >= 4 is 5.91 Å². The van der Waals surface area contributed by atoms with Gasteiger partial charge in [-0.15, -0.1) is 0 Å². The van der Waals surface area contributed by atoms with Crippen LogP contribution >= 0.6 is 0 Å². The Morgan fingerprint density at radius 1 is 1.20 bits per heavy atom. The number of carbonyl (C=O) groups excluding carboxylic acids is 1. The van der Waals surface area contributed by atoms with Gasteiger partial charge in [-0.2, -0.15) is 0 Å². The van der Waals surface area contributed by atoms with Crippen molar-refractivity contribution in [3.8, 4) is 5.75 Å². The van der Waals surface area contributed by atoms with E-state index in [1.807, 2.05) is 0 Å². The minimum atomic E-state index is -0.296. The first kappa shape index (κ1) is 21.6. The number of rotatable bonds is 5. The molecule has 1 heterocycles.